The van der Waals surface area contributed by atoms with E-state index in [0.717, 1.165) is 36.6 Å². The third-order valence-corrected chi connectivity index (χ3v) is 5.59. The Labute approximate surface area is 155 Å². The van der Waals surface area contributed by atoms with Crippen LogP contribution in [0, 0.1) is 5.82 Å². The van der Waals surface area contributed by atoms with Crippen LogP contribution in [0.4, 0.5) is 4.39 Å². The monoisotopic (exact) mass is 372 g/mol. The van der Waals surface area contributed by atoms with Gasteiger partial charge in [-0.3, -0.25) is 14.1 Å². The van der Waals surface area contributed by atoms with Crippen LogP contribution in [-0.4, -0.2) is 39.8 Å². The zero-order chi connectivity index (χ0) is 17.9. The molecular weight excluding hydrogens is 351 g/mol. The van der Waals surface area contributed by atoms with Crippen LogP contribution >= 0.6 is 11.3 Å². The average molecular weight is 372 g/mol. The molecule has 2 aromatic heterocycles. The summed E-state index contributed by atoms with van der Waals surface area (Å²) < 4.78 is 16.2. The fourth-order valence-electron chi connectivity index (χ4n) is 3.53. The first-order valence-electron chi connectivity index (χ1n) is 8.87. The van der Waals surface area contributed by atoms with E-state index in [1.165, 1.54) is 6.07 Å². The molecule has 1 aliphatic heterocycles. The Kier molecular flexibility index (Phi) is 4.99. The number of nitrogens with zero attached hydrogens (tertiary/aromatic N) is 3. The topological polar surface area (TPSA) is 49.6 Å². The molecule has 3 heterocycles. The van der Waals surface area contributed by atoms with Gasteiger partial charge < -0.3 is 5.32 Å². The van der Waals surface area contributed by atoms with E-state index in [2.05, 4.69) is 15.2 Å². The van der Waals surface area contributed by atoms with Crippen molar-refractivity contribution in [1.82, 2.24) is 19.6 Å². The van der Waals surface area contributed by atoms with Gasteiger partial charge in [0.25, 0.3) is 0 Å². The predicted octanol–water partition coefficient (Wildman–Crippen LogP) is 3.03. The molecule has 1 amide bonds. The minimum Gasteiger partial charge on any atom is -0.354 e. The Morgan fingerprint density at radius 2 is 2.12 bits per heavy atom. The highest BCUT2D eigenvalue weighted by Crippen LogP contribution is 2.26. The maximum atomic E-state index is 14.3. The highest BCUT2D eigenvalue weighted by Gasteiger charge is 2.26. The lowest BCUT2D eigenvalue weighted by molar-refractivity contribution is -0.120. The minimum absolute atomic E-state index is 0.0868. The summed E-state index contributed by atoms with van der Waals surface area (Å²) >= 11 is 1.54. The van der Waals surface area contributed by atoms with Crippen molar-refractivity contribution in [2.75, 3.05) is 19.6 Å². The van der Waals surface area contributed by atoms with Gasteiger partial charge in [0.1, 0.15) is 5.82 Å². The predicted molar refractivity (Wildman–Crippen MR) is 99.7 cm³/mol. The molecule has 1 N–H and O–H groups in total. The van der Waals surface area contributed by atoms with Crippen molar-refractivity contribution in [3.63, 3.8) is 0 Å². The van der Waals surface area contributed by atoms with Crippen LogP contribution in [0.15, 0.2) is 42.0 Å². The Morgan fingerprint density at radius 1 is 1.31 bits per heavy atom. The molecular formula is C19H21FN4OS. The van der Waals surface area contributed by atoms with Crippen molar-refractivity contribution < 1.29 is 9.18 Å². The van der Waals surface area contributed by atoms with E-state index in [-0.39, 0.29) is 24.2 Å². The van der Waals surface area contributed by atoms with Crippen LogP contribution in [0.25, 0.3) is 4.96 Å². The maximum Gasteiger partial charge on any atom is 0.226 e. The van der Waals surface area contributed by atoms with Crippen molar-refractivity contribution in [3.8, 4) is 0 Å². The summed E-state index contributed by atoms with van der Waals surface area (Å²) in [5.41, 5.74) is 1.40. The Bertz CT molecular complexity index is 871. The van der Waals surface area contributed by atoms with Gasteiger partial charge in [-0.05, 0) is 32.0 Å². The molecule has 5 nitrogen and oxygen atoms in total. The SMILES string of the molecule is O=C(Cc1cn2ccsc2n1)NC[C@@H](c1ccccc1F)N1CCCC1. The average Bonchev–Trinajstić information content (AvgIpc) is 3.34. The van der Waals surface area contributed by atoms with Crippen LogP contribution in [-0.2, 0) is 11.2 Å². The third kappa shape index (κ3) is 3.64. The molecule has 136 valence electrons. The molecule has 1 fully saturated rings. The first-order valence-corrected chi connectivity index (χ1v) is 9.75. The standard InChI is InChI=1S/C19H21FN4OS/c20-16-6-2-1-5-15(16)17(23-7-3-4-8-23)12-21-18(25)11-14-13-24-9-10-26-19(24)22-14/h1-2,5-6,9-10,13,17H,3-4,7-8,11-12H2,(H,21,25)/t17-/m0/s1. The van der Waals surface area contributed by atoms with Gasteiger partial charge in [0.05, 0.1) is 18.2 Å². The lowest BCUT2D eigenvalue weighted by atomic mass is 10.0. The molecule has 0 saturated carbocycles. The van der Waals surface area contributed by atoms with E-state index in [0.29, 0.717) is 12.1 Å². The fourth-order valence-corrected chi connectivity index (χ4v) is 4.25. The molecule has 1 atom stereocenters. The van der Waals surface area contributed by atoms with Crippen LogP contribution in [0.1, 0.15) is 30.1 Å². The van der Waals surface area contributed by atoms with Gasteiger partial charge in [-0.15, -0.1) is 11.3 Å². The van der Waals surface area contributed by atoms with E-state index in [4.69, 9.17) is 0 Å². The molecule has 1 aromatic carbocycles. The largest absolute Gasteiger partial charge is 0.354 e. The highest BCUT2D eigenvalue weighted by atomic mass is 32.1. The van der Waals surface area contributed by atoms with Gasteiger partial charge in [-0.2, -0.15) is 0 Å². The van der Waals surface area contributed by atoms with Crippen molar-refractivity contribution in [2.45, 2.75) is 25.3 Å². The third-order valence-electron chi connectivity index (χ3n) is 4.82. The van der Waals surface area contributed by atoms with Gasteiger partial charge in [0, 0.05) is 29.9 Å². The first kappa shape index (κ1) is 17.2. The number of rotatable bonds is 6. The summed E-state index contributed by atoms with van der Waals surface area (Å²) in [6, 6.07) is 6.71. The number of thiazole rings is 1. The number of hydrogen-bond acceptors (Lipinski definition) is 4. The van der Waals surface area contributed by atoms with Crippen LogP contribution in [0.5, 0.6) is 0 Å². The number of nitrogens with one attached hydrogen (secondary N) is 1. The van der Waals surface area contributed by atoms with Crippen LogP contribution in [0.2, 0.25) is 0 Å². The molecule has 1 saturated heterocycles. The number of carbonyl (C=O) groups is 1. The smallest absolute Gasteiger partial charge is 0.226 e. The zero-order valence-corrected chi connectivity index (χ0v) is 15.2. The molecule has 0 radical (unpaired) electrons. The lowest BCUT2D eigenvalue weighted by Gasteiger charge is -2.28. The number of aromatic nitrogens is 2. The summed E-state index contributed by atoms with van der Waals surface area (Å²) in [5.74, 6) is -0.302. The summed E-state index contributed by atoms with van der Waals surface area (Å²) in [4.78, 5) is 20.0. The second kappa shape index (κ2) is 7.55. The number of halogens is 1. The maximum absolute atomic E-state index is 14.3. The van der Waals surface area contributed by atoms with E-state index < -0.39 is 0 Å². The Balaban J connectivity index is 1.43. The Hall–Kier alpha value is -2.25. The molecule has 7 heteroatoms. The number of fused-ring (bicyclic) bond motifs is 1. The van der Waals surface area contributed by atoms with Crippen molar-refractivity contribution in [1.29, 1.82) is 0 Å². The van der Waals surface area contributed by atoms with Gasteiger partial charge >= 0.3 is 0 Å². The molecule has 0 spiro atoms. The number of carbonyl (C=O) groups excluding carboxylic acids is 1. The number of hydrogen-bond donors (Lipinski definition) is 1. The molecule has 26 heavy (non-hydrogen) atoms. The second-order valence-corrected chi connectivity index (χ2v) is 7.46. The minimum atomic E-state index is -0.215. The van der Waals surface area contributed by atoms with Gasteiger partial charge in [-0.25, -0.2) is 9.37 Å². The Morgan fingerprint density at radius 3 is 2.88 bits per heavy atom. The van der Waals surface area contributed by atoms with Crippen LogP contribution < -0.4 is 5.32 Å². The number of benzene rings is 1. The number of amides is 1. The normalized spacial score (nSPS) is 16.2. The van der Waals surface area contributed by atoms with Gasteiger partial charge in [-0.1, -0.05) is 18.2 Å². The van der Waals surface area contributed by atoms with E-state index >= 15 is 0 Å². The van der Waals surface area contributed by atoms with Crippen molar-refractivity contribution in [2.24, 2.45) is 0 Å². The van der Waals surface area contributed by atoms with E-state index in [1.807, 2.05) is 34.3 Å². The molecule has 0 bridgehead atoms. The lowest BCUT2D eigenvalue weighted by Crippen LogP contribution is -2.37. The van der Waals surface area contributed by atoms with E-state index in [9.17, 15) is 9.18 Å². The summed E-state index contributed by atoms with van der Waals surface area (Å²) in [7, 11) is 0. The summed E-state index contributed by atoms with van der Waals surface area (Å²) in [6.07, 6.45) is 6.27. The molecule has 3 aromatic rings. The molecule has 1 aliphatic rings. The summed E-state index contributed by atoms with van der Waals surface area (Å²) in [5, 5.41) is 4.94. The highest BCUT2D eigenvalue weighted by molar-refractivity contribution is 7.15. The molecule has 4 rings (SSSR count). The number of imidazole rings is 1. The first-order chi connectivity index (χ1) is 12.7. The second-order valence-electron chi connectivity index (χ2n) is 6.59. The van der Waals surface area contributed by atoms with Gasteiger partial charge in [0.2, 0.25) is 5.91 Å². The van der Waals surface area contributed by atoms with Crippen molar-refractivity contribution >= 4 is 22.2 Å². The number of likely N-dealkylation sites (tertiary alicyclic amines) is 1. The van der Waals surface area contributed by atoms with Crippen LogP contribution in [0.3, 0.4) is 0 Å². The van der Waals surface area contributed by atoms with Gasteiger partial charge in [0.15, 0.2) is 4.96 Å². The summed E-state index contributed by atoms with van der Waals surface area (Å²) in [6.45, 7) is 2.28. The van der Waals surface area contributed by atoms with E-state index in [1.54, 1.807) is 17.4 Å². The molecule has 0 aliphatic carbocycles. The quantitative estimate of drug-likeness (QED) is 0.724. The fraction of sp³-hybridized carbons (Fsp3) is 0.368. The molecule has 0 unspecified atom stereocenters. The van der Waals surface area contributed by atoms with Crippen molar-refractivity contribution in [3.05, 3.63) is 59.1 Å². The zero-order valence-electron chi connectivity index (χ0n) is 14.4.